The summed E-state index contributed by atoms with van der Waals surface area (Å²) in [5.74, 6) is -1.71. The van der Waals surface area contributed by atoms with Crippen molar-refractivity contribution in [1.29, 1.82) is 0 Å². The van der Waals surface area contributed by atoms with Crippen LogP contribution in [0.2, 0.25) is 0 Å². The van der Waals surface area contributed by atoms with Gasteiger partial charge in [-0.3, -0.25) is 14.4 Å². The lowest BCUT2D eigenvalue weighted by Crippen LogP contribution is -2.47. The summed E-state index contributed by atoms with van der Waals surface area (Å²) in [5, 5.41) is 3.86. The molecule has 9 heteroatoms. The highest BCUT2D eigenvalue weighted by molar-refractivity contribution is 6.39. The zero-order valence-electron chi connectivity index (χ0n) is 15.9. The minimum atomic E-state index is -0.657. The molecule has 7 nitrogen and oxygen atoms in total. The zero-order chi connectivity index (χ0) is 20.6. The molecule has 4 rings (SSSR count). The summed E-state index contributed by atoms with van der Waals surface area (Å²) < 4.78 is 26.9. The topological polar surface area (TPSA) is 82.1 Å². The van der Waals surface area contributed by atoms with Gasteiger partial charge in [-0.15, -0.1) is 0 Å². The number of carbonyl (C=O) groups is 3. The number of benzene rings is 1. The number of hydrazone groups is 1. The molecule has 3 amide bonds. The van der Waals surface area contributed by atoms with E-state index >= 15 is 0 Å². The molecule has 1 spiro atoms. The van der Waals surface area contributed by atoms with Crippen molar-refractivity contribution in [2.45, 2.75) is 38.6 Å². The Bertz CT molecular complexity index is 873. The molecule has 3 heterocycles. The van der Waals surface area contributed by atoms with Gasteiger partial charge in [0.1, 0.15) is 17.3 Å². The Hall–Kier alpha value is -2.84. The van der Waals surface area contributed by atoms with Crippen LogP contribution in [0, 0.1) is 17.0 Å². The summed E-state index contributed by atoms with van der Waals surface area (Å²) in [5.41, 5.74) is 2.91. The highest BCUT2D eigenvalue weighted by Crippen LogP contribution is 2.41. The van der Waals surface area contributed by atoms with Crippen LogP contribution in [-0.2, 0) is 20.9 Å². The van der Waals surface area contributed by atoms with E-state index in [1.54, 1.807) is 9.80 Å². The third-order valence-electron chi connectivity index (χ3n) is 5.96. The van der Waals surface area contributed by atoms with Crippen LogP contribution >= 0.6 is 0 Å². The van der Waals surface area contributed by atoms with Crippen LogP contribution < -0.4 is 5.43 Å². The first-order valence-electron chi connectivity index (χ1n) is 9.71. The average Bonchev–Trinajstić information content (AvgIpc) is 2.96. The molecule has 0 atom stereocenters. The van der Waals surface area contributed by atoms with Crippen molar-refractivity contribution < 1.29 is 23.2 Å². The molecular formula is C20H22F2N4O3. The van der Waals surface area contributed by atoms with Crippen molar-refractivity contribution in [1.82, 2.24) is 15.2 Å². The SMILES string of the molecule is O=C1CCC(C(=O)N2CCC3(CC2)CC(=O)N(Cc2cc(F)cc(F)c2)C3)=NN1. The lowest BCUT2D eigenvalue weighted by atomic mass is 9.77. The van der Waals surface area contributed by atoms with Gasteiger partial charge in [-0.2, -0.15) is 5.10 Å². The largest absolute Gasteiger partial charge is 0.338 e. The van der Waals surface area contributed by atoms with Gasteiger partial charge in [-0.25, -0.2) is 14.2 Å². The van der Waals surface area contributed by atoms with Crippen LogP contribution in [0.25, 0.3) is 0 Å². The zero-order valence-corrected chi connectivity index (χ0v) is 15.9. The second-order valence-electron chi connectivity index (χ2n) is 8.09. The predicted molar refractivity (Wildman–Crippen MR) is 99.5 cm³/mol. The fraction of sp³-hybridized carbons (Fsp3) is 0.500. The molecule has 2 fully saturated rings. The highest BCUT2D eigenvalue weighted by atomic mass is 19.1. The number of halogens is 2. The van der Waals surface area contributed by atoms with Gasteiger partial charge in [0, 0.05) is 56.9 Å². The van der Waals surface area contributed by atoms with E-state index in [1.165, 1.54) is 12.1 Å². The molecule has 0 aromatic heterocycles. The van der Waals surface area contributed by atoms with Gasteiger partial charge < -0.3 is 9.80 Å². The smallest absolute Gasteiger partial charge is 0.270 e. The van der Waals surface area contributed by atoms with Crippen molar-refractivity contribution in [3.05, 3.63) is 35.4 Å². The van der Waals surface area contributed by atoms with Crippen molar-refractivity contribution in [2.75, 3.05) is 19.6 Å². The molecule has 3 aliphatic rings. The summed E-state index contributed by atoms with van der Waals surface area (Å²) in [4.78, 5) is 39.7. The third-order valence-corrected chi connectivity index (χ3v) is 5.96. The molecule has 154 valence electrons. The fourth-order valence-corrected chi connectivity index (χ4v) is 4.38. The Labute approximate surface area is 166 Å². The Morgan fingerprint density at radius 3 is 2.41 bits per heavy atom. The molecule has 29 heavy (non-hydrogen) atoms. The van der Waals surface area contributed by atoms with Gasteiger partial charge in [0.25, 0.3) is 5.91 Å². The fourth-order valence-electron chi connectivity index (χ4n) is 4.38. The van der Waals surface area contributed by atoms with Gasteiger partial charge in [0.05, 0.1) is 0 Å². The van der Waals surface area contributed by atoms with E-state index in [9.17, 15) is 23.2 Å². The predicted octanol–water partition coefficient (Wildman–Crippen LogP) is 1.57. The highest BCUT2D eigenvalue weighted by Gasteiger charge is 2.45. The number of carbonyl (C=O) groups excluding carboxylic acids is 3. The maximum absolute atomic E-state index is 13.4. The average molecular weight is 404 g/mol. The molecule has 0 unspecified atom stereocenters. The molecule has 1 aromatic carbocycles. The number of nitrogens with zero attached hydrogens (tertiary/aromatic N) is 3. The Morgan fingerprint density at radius 2 is 1.79 bits per heavy atom. The summed E-state index contributed by atoms with van der Waals surface area (Å²) in [6, 6.07) is 3.30. The first kappa shape index (κ1) is 19.5. The van der Waals surface area contributed by atoms with E-state index in [2.05, 4.69) is 10.5 Å². The number of nitrogens with one attached hydrogen (secondary N) is 1. The summed E-state index contributed by atoms with van der Waals surface area (Å²) in [6.07, 6.45) is 2.33. The quantitative estimate of drug-likeness (QED) is 0.830. The number of amides is 3. The molecule has 0 bridgehead atoms. The maximum atomic E-state index is 13.4. The molecule has 0 saturated carbocycles. The second-order valence-corrected chi connectivity index (χ2v) is 8.09. The van der Waals surface area contributed by atoms with E-state index in [0.717, 1.165) is 6.07 Å². The molecule has 0 radical (unpaired) electrons. The lowest BCUT2D eigenvalue weighted by Gasteiger charge is -2.39. The first-order valence-corrected chi connectivity index (χ1v) is 9.71. The Morgan fingerprint density at radius 1 is 1.10 bits per heavy atom. The van der Waals surface area contributed by atoms with Crippen LogP contribution in [-0.4, -0.2) is 52.9 Å². The van der Waals surface area contributed by atoms with Crippen molar-refractivity contribution in [3.8, 4) is 0 Å². The minimum absolute atomic E-state index is 0.0335. The van der Waals surface area contributed by atoms with E-state index in [-0.39, 0.29) is 36.1 Å². The van der Waals surface area contributed by atoms with Gasteiger partial charge >= 0.3 is 0 Å². The van der Waals surface area contributed by atoms with Gasteiger partial charge in [-0.1, -0.05) is 0 Å². The van der Waals surface area contributed by atoms with Crippen molar-refractivity contribution in [3.63, 3.8) is 0 Å². The van der Waals surface area contributed by atoms with E-state index in [1.807, 2.05) is 0 Å². The van der Waals surface area contributed by atoms with E-state index in [4.69, 9.17) is 0 Å². The van der Waals surface area contributed by atoms with Crippen molar-refractivity contribution >= 4 is 23.4 Å². The van der Waals surface area contributed by atoms with Gasteiger partial charge in [-0.05, 0) is 30.5 Å². The second kappa shape index (κ2) is 7.53. The molecular weight excluding hydrogens is 382 g/mol. The normalized spacial score (nSPS) is 21.4. The minimum Gasteiger partial charge on any atom is -0.338 e. The summed E-state index contributed by atoms with van der Waals surface area (Å²) in [6.45, 7) is 1.72. The van der Waals surface area contributed by atoms with E-state index in [0.29, 0.717) is 56.6 Å². The number of rotatable bonds is 3. The Kier molecular flexibility index (Phi) is 5.06. The number of likely N-dealkylation sites (tertiary alicyclic amines) is 2. The third kappa shape index (κ3) is 4.13. The van der Waals surface area contributed by atoms with E-state index < -0.39 is 11.6 Å². The molecule has 1 N–H and O–H groups in total. The van der Waals surface area contributed by atoms with Gasteiger partial charge in [0.15, 0.2) is 0 Å². The van der Waals surface area contributed by atoms with Crippen LogP contribution in [0.4, 0.5) is 8.78 Å². The lowest BCUT2D eigenvalue weighted by molar-refractivity contribution is -0.128. The molecule has 3 aliphatic heterocycles. The molecule has 1 aromatic rings. The summed E-state index contributed by atoms with van der Waals surface area (Å²) >= 11 is 0. The van der Waals surface area contributed by atoms with Crippen LogP contribution in [0.5, 0.6) is 0 Å². The Balaban J connectivity index is 1.37. The van der Waals surface area contributed by atoms with Crippen molar-refractivity contribution in [2.24, 2.45) is 10.5 Å². The maximum Gasteiger partial charge on any atom is 0.270 e. The van der Waals surface area contributed by atoms with Crippen LogP contribution in [0.1, 0.15) is 37.7 Å². The molecule has 2 saturated heterocycles. The monoisotopic (exact) mass is 404 g/mol. The van der Waals surface area contributed by atoms with Crippen LogP contribution in [0.3, 0.4) is 0 Å². The first-order chi connectivity index (χ1) is 13.8. The standard InChI is InChI=1S/C20H22F2N4O3/c21-14-7-13(8-15(22)9-14)11-26-12-20(10-18(26)28)3-5-25(6-4-20)19(29)16-1-2-17(27)24-23-16/h7-9H,1-6,10-12H2,(H,24,27). The number of hydrogen-bond acceptors (Lipinski definition) is 4. The number of piperidine rings is 1. The van der Waals surface area contributed by atoms with Crippen LogP contribution in [0.15, 0.2) is 23.3 Å². The number of hydrogen-bond donors (Lipinski definition) is 1. The molecule has 0 aliphatic carbocycles. The van der Waals surface area contributed by atoms with Gasteiger partial charge in [0.2, 0.25) is 11.8 Å². The summed E-state index contributed by atoms with van der Waals surface area (Å²) in [7, 11) is 0.